The third kappa shape index (κ3) is 8.07. The Labute approximate surface area is 214 Å². The Hall–Kier alpha value is -3.87. The molecule has 6 atom stereocenters. The number of aliphatic hydroxyl groups is 5. The van der Waals surface area contributed by atoms with E-state index in [1.165, 1.54) is 6.20 Å². The fraction of sp³-hybridized carbons (Fsp3) is 0.476. The van der Waals surface area contributed by atoms with Crippen LogP contribution in [0.2, 0.25) is 0 Å². The Morgan fingerprint density at radius 1 is 1.00 bits per heavy atom. The number of carboxylic acids is 2. The van der Waals surface area contributed by atoms with Crippen molar-refractivity contribution in [3.63, 3.8) is 0 Å². The lowest BCUT2D eigenvalue weighted by molar-refractivity contribution is -0.197. The van der Waals surface area contributed by atoms with Gasteiger partial charge in [0, 0.05) is 19.3 Å². The zero-order valence-electron chi connectivity index (χ0n) is 20.2. The van der Waals surface area contributed by atoms with Crippen molar-refractivity contribution in [3.05, 3.63) is 30.1 Å². The maximum absolute atomic E-state index is 11.6. The van der Waals surface area contributed by atoms with E-state index in [9.17, 15) is 44.1 Å². The summed E-state index contributed by atoms with van der Waals surface area (Å²) >= 11 is 0. The van der Waals surface area contributed by atoms with Gasteiger partial charge in [0.15, 0.2) is 35.7 Å². The maximum atomic E-state index is 11.6. The monoisotopic (exact) mass is 548 g/mol. The van der Waals surface area contributed by atoms with Crippen LogP contribution in [0.25, 0.3) is 0 Å². The summed E-state index contributed by atoms with van der Waals surface area (Å²) in [4.78, 5) is 67.4. The molecule has 9 N–H and O–H groups in total. The quantitative estimate of drug-likeness (QED) is 0.143. The molecule has 1 aliphatic rings. The lowest BCUT2D eigenvalue weighted by atomic mass is 9.75. The second-order valence-corrected chi connectivity index (χ2v) is 7.60. The van der Waals surface area contributed by atoms with E-state index >= 15 is 0 Å². The summed E-state index contributed by atoms with van der Waals surface area (Å²) in [6.45, 7) is 2.33. The topological polar surface area (TPSA) is 301 Å². The van der Waals surface area contributed by atoms with Gasteiger partial charge in [0.1, 0.15) is 12.7 Å². The van der Waals surface area contributed by atoms with Crippen molar-refractivity contribution in [1.82, 2.24) is 4.98 Å². The molecule has 17 nitrogen and oxygen atoms in total. The number of carboxylic acid groups (broad SMARTS) is 2. The largest absolute Gasteiger partial charge is 0.479 e. The molecule has 0 aliphatic carbocycles. The highest BCUT2D eigenvalue weighted by molar-refractivity contribution is 5.99. The molecule has 0 spiro atoms. The first kappa shape index (κ1) is 34.1. The minimum absolute atomic E-state index is 0.442. The molecule has 1 fully saturated rings. The first-order valence-corrected chi connectivity index (χ1v) is 10.3. The molecule has 1 saturated heterocycles. The Kier molecular flexibility index (Phi) is 12.7. The highest BCUT2D eigenvalue weighted by Gasteiger charge is 2.71. The SMILES string of the molecule is CC(=O)OC[C@H]1O[C@@H](O)[C@@](O)(C(C)=O)[C@@]1(O)C(C)=O.NC(=O)c1cccnc1.O=C(O)C(O)C(O)C(=O)O. The number of hydrogen-bond acceptors (Lipinski definition) is 14. The molecular formula is C21H28N2O15. The molecule has 2 heterocycles. The third-order valence-corrected chi connectivity index (χ3v) is 4.96. The number of nitrogens with zero attached hydrogens (tertiary/aromatic N) is 1. The summed E-state index contributed by atoms with van der Waals surface area (Å²) in [5, 5.41) is 62.5. The number of carbonyl (C=O) groups excluding carboxylic acids is 4. The second kappa shape index (κ2) is 14.2. The molecule has 38 heavy (non-hydrogen) atoms. The van der Waals surface area contributed by atoms with Crippen molar-refractivity contribution in [2.75, 3.05) is 6.61 Å². The average molecular weight is 548 g/mol. The van der Waals surface area contributed by atoms with Crippen LogP contribution in [0.1, 0.15) is 31.1 Å². The van der Waals surface area contributed by atoms with Crippen molar-refractivity contribution >= 4 is 35.4 Å². The van der Waals surface area contributed by atoms with Gasteiger partial charge in [-0.05, 0) is 26.0 Å². The first-order chi connectivity index (χ1) is 17.3. The highest BCUT2D eigenvalue weighted by atomic mass is 16.7. The van der Waals surface area contributed by atoms with Crippen LogP contribution in [0.4, 0.5) is 0 Å². The van der Waals surface area contributed by atoms with Gasteiger partial charge in [0.2, 0.25) is 11.5 Å². The summed E-state index contributed by atoms with van der Waals surface area (Å²) in [6, 6.07) is 3.29. The van der Waals surface area contributed by atoms with Crippen molar-refractivity contribution in [1.29, 1.82) is 0 Å². The Bertz CT molecular complexity index is 1010. The Balaban J connectivity index is 0.000000604. The Morgan fingerprint density at radius 2 is 1.47 bits per heavy atom. The number of ketones is 2. The van der Waals surface area contributed by atoms with Crippen LogP contribution in [0, 0.1) is 0 Å². The molecule has 1 aliphatic heterocycles. The van der Waals surface area contributed by atoms with Gasteiger partial charge < -0.3 is 51.0 Å². The lowest BCUT2D eigenvalue weighted by Crippen LogP contribution is -2.67. The Morgan fingerprint density at radius 3 is 1.76 bits per heavy atom. The fourth-order valence-electron chi connectivity index (χ4n) is 2.86. The molecule has 0 aromatic carbocycles. The standard InChI is InChI=1S/C11H16O8.C6H6N2O.C4H6O6/c1-5(12)10(16)8(4-18-7(3)14)19-9(15)11(10,17)6(2)13;7-6(9)5-2-1-3-8-4-5;5-1(3(7)8)2(6)4(9)10/h8-9,15-17H,4H2,1-3H3;1-4H,(H2,7,9);1-2,5-6H,(H,7,8)(H,9,10)/t8-,9-,10-,11+;;/m1../s1. The van der Waals surface area contributed by atoms with E-state index in [1.807, 2.05) is 0 Å². The molecule has 2 unspecified atom stereocenters. The summed E-state index contributed by atoms with van der Waals surface area (Å²) in [5.74, 6) is -6.71. The molecule has 0 radical (unpaired) electrons. The van der Waals surface area contributed by atoms with Crippen LogP contribution < -0.4 is 5.73 Å². The summed E-state index contributed by atoms with van der Waals surface area (Å²) in [7, 11) is 0. The number of hydrogen-bond donors (Lipinski definition) is 8. The van der Waals surface area contributed by atoms with Gasteiger partial charge in [-0.15, -0.1) is 0 Å². The fourth-order valence-corrected chi connectivity index (χ4v) is 2.86. The predicted octanol–water partition coefficient (Wildman–Crippen LogP) is -4.04. The maximum Gasteiger partial charge on any atom is 0.335 e. The smallest absolute Gasteiger partial charge is 0.335 e. The number of amides is 1. The third-order valence-electron chi connectivity index (χ3n) is 4.96. The van der Waals surface area contributed by atoms with Gasteiger partial charge in [-0.1, -0.05) is 0 Å². The number of aliphatic hydroxyl groups excluding tert-OH is 3. The zero-order chi connectivity index (χ0) is 30.0. The summed E-state index contributed by atoms with van der Waals surface area (Å²) < 4.78 is 9.39. The number of pyridine rings is 1. The van der Waals surface area contributed by atoms with Crippen LogP contribution in [-0.2, 0) is 33.4 Å². The van der Waals surface area contributed by atoms with Crippen molar-refractivity contribution in [2.24, 2.45) is 5.73 Å². The van der Waals surface area contributed by atoms with Crippen LogP contribution in [-0.4, -0.2) is 119 Å². The van der Waals surface area contributed by atoms with Crippen molar-refractivity contribution < 1.29 is 74.0 Å². The first-order valence-electron chi connectivity index (χ1n) is 10.3. The molecule has 2 rings (SSSR count). The summed E-state index contributed by atoms with van der Waals surface area (Å²) in [6.07, 6.45) is -5.15. The number of ether oxygens (including phenoxy) is 2. The van der Waals surface area contributed by atoms with E-state index in [0.717, 1.165) is 20.8 Å². The van der Waals surface area contributed by atoms with Gasteiger partial charge in [-0.2, -0.15) is 0 Å². The highest BCUT2D eigenvalue weighted by Crippen LogP contribution is 2.40. The molecule has 0 bridgehead atoms. The minimum Gasteiger partial charge on any atom is -0.479 e. The van der Waals surface area contributed by atoms with E-state index in [-0.39, 0.29) is 0 Å². The molecule has 0 saturated carbocycles. The van der Waals surface area contributed by atoms with Gasteiger partial charge in [0.25, 0.3) is 0 Å². The van der Waals surface area contributed by atoms with Gasteiger partial charge in [0.05, 0.1) is 5.56 Å². The lowest BCUT2D eigenvalue weighted by Gasteiger charge is -2.35. The van der Waals surface area contributed by atoms with Gasteiger partial charge in [-0.25, -0.2) is 9.59 Å². The zero-order valence-corrected chi connectivity index (χ0v) is 20.2. The van der Waals surface area contributed by atoms with E-state index in [0.29, 0.717) is 5.56 Å². The van der Waals surface area contributed by atoms with Gasteiger partial charge in [-0.3, -0.25) is 24.2 Å². The average Bonchev–Trinajstić information content (AvgIpc) is 3.05. The van der Waals surface area contributed by atoms with Crippen molar-refractivity contribution in [3.8, 4) is 0 Å². The van der Waals surface area contributed by atoms with Crippen LogP contribution in [0.15, 0.2) is 24.5 Å². The summed E-state index contributed by atoms with van der Waals surface area (Å²) in [5.41, 5.74) is -0.112. The van der Waals surface area contributed by atoms with Crippen molar-refractivity contribution in [2.45, 2.75) is 56.6 Å². The number of Topliss-reactive ketones (excluding diaryl/α,β-unsaturated/α-hetero) is 2. The predicted molar refractivity (Wildman–Crippen MR) is 119 cm³/mol. The molecule has 17 heteroatoms. The second-order valence-electron chi connectivity index (χ2n) is 7.60. The van der Waals surface area contributed by atoms with E-state index in [4.69, 9.17) is 30.9 Å². The normalized spacial score (nSPS) is 25.3. The molecule has 212 valence electrons. The minimum atomic E-state index is -2.80. The molecule has 1 amide bonds. The van der Waals surface area contributed by atoms with Crippen LogP contribution >= 0.6 is 0 Å². The van der Waals surface area contributed by atoms with E-state index in [1.54, 1.807) is 18.3 Å². The number of esters is 1. The van der Waals surface area contributed by atoms with E-state index in [2.05, 4.69) is 9.72 Å². The van der Waals surface area contributed by atoms with E-state index < -0.39 is 77.8 Å². The number of aliphatic carboxylic acids is 2. The number of carbonyl (C=O) groups is 6. The van der Waals surface area contributed by atoms with Gasteiger partial charge >= 0.3 is 17.9 Å². The van der Waals surface area contributed by atoms with Crippen LogP contribution in [0.5, 0.6) is 0 Å². The molecule has 1 aromatic heterocycles. The molecular weight excluding hydrogens is 520 g/mol. The molecule has 1 aromatic rings. The van der Waals surface area contributed by atoms with Crippen LogP contribution in [0.3, 0.4) is 0 Å². The number of nitrogens with two attached hydrogens (primary N) is 1. The number of primary amides is 1. The number of rotatable bonds is 8. The number of aromatic nitrogens is 1.